The normalized spacial score (nSPS) is 10.7. The monoisotopic (exact) mass is 299 g/mol. The third-order valence-corrected chi connectivity index (χ3v) is 3.99. The van der Waals surface area contributed by atoms with E-state index in [2.05, 4.69) is 11.1 Å². The van der Waals surface area contributed by atoms with Crippen LogP contribution in [0.15, 0.2) is 47.8 Å². The van der Waals surface area contributed by atoms with Gasteiger partial charge in [-0.1, -0.05) is 30.3 Å². The van der Waals surface area contributed by atoms with Gasteiger partial charge in [0.1, 0.15) is 5.75 Å². The molecule has 0 unspecified atom stereocenters. The first-order chi connectivity index (χ1) is 10.2. The fraction of sp³-hybridized carbons (Fsp3) is 0.125. The Balaban J connectivity index is 1.62. The van der Waals surface area contributed by atoms with E-state index < -0.39 is 5.97 Å². The van der Waals surface area contributed by atoms with Gasteiger partial charge in [0, 0.05) is 11.8 Å². The molecule has 3 rings (SSSR count). The van der Waals surface area contributed by atoms with Crippen molar-refractivity contribution >= 4 is 28.1 Å². The van der Waals surface area contributed by atoms with Crippen LogP contribution in [-0.4, -0.2) is 22.7 Å². The minimum absolute atomic E-state index is 0.0979. The lowest BCUT2D eigenvalue weighted by Gasteiger charge is -2.06. The average Bonchev–Trinajstić information content (AvgIpc) is 2.96. The van der Waals surface area contributed by atoms with Gasteiger partial charge >= 0.3 is 5.97 Å². The summed E-state index contributed by atoms with van der Waals surface area (Å²) in [7, 11) is 0. The summed E-state index contributed by atoms with van der Waals surface area (Å²) in [5.41, 5.74) is 0.0979. The van der Waals surface area contributed by atoms with Gasteiger partial charge in [-0.05, 0) is 22.9 Å². The molecule has 2 aromatic carbocycles. The molecule has 1 N–H and O–H groups in total. The number of ether oxygens (including phenoxy) is 1. The molecule has 1 aromatic heterocycles. The molecule has 0 aliphatic carbocycles. The van der Waals surface area contributed by atoms with Crippen LogP contribution in [0.4, 0.5) is 0 Å². The number of carbonyl (C=O) groups is 1. The molecule has 0 saturated heterocycles. The minimum Gasteiger partial charge on any atom is -0.493 e. The van der Waals surface area contributed by atoms with E-state index in [1.54, 1.807) is 5.38 Å². The zero-order chi connectivity index (χ0) is 14.7. The Hall–Kier alpha value is -2.40. The summed E-state index contributed by atoms with van der Waals surface area (Å²) >= 11 is 1.34. The Bertz CT molecular complexity index is 782. The quantitative estimate of drug-likeness (QED) is 0.781. The van der Waals surface area contributed by atoms with Crippen molar-refractivity contribution in [3.63, 3.8) is 0 Å². The standard InChI is InChI=1S/C16H13NO3S/c18-16(19)14-10-21-15(17-14)7-8-20-13-6-5-11-3-1-2-4-12(11)9-13/h1-6,9-10H,7-8H2,(H,18,19). The van der Waals surface area contributed by atoms with Crippen molar-refractivity contribution in [2.24, 2.45) is 0 Å². The largest absolute Gasteiger partial charge is 0.493 e. The summed E-state index contributed by atoms with van der Waals surface area (Å²) in [4.78, 5) is 14.8. The summed E-state index contributed by atoms with van der Waals surface area (Å²) in [6, 6.07) is 14.1. The van der Waals surface area contributed by atoms with Gasteiger partial charge in [0.2, 0.25) is 0 Å². The van der Waals surface area contributed by atoms with Crippen LogP contribution in [0, 0.1) is 0 Å². The zero-order valence-electron chi connectivity index (χ0n) is 11.2. The Morgan fingerprint density at radius 2 is 2.00 bits per heavy atom. The molecule has 0 fully saturated rings. The van der Waals surface area contributed by atoms with Crippen LogP contribution in [0.1, 0.15) is 15.5 Å². The summed E-state index contributed by atoms with van der Waals surface area (Å²) in [6.07, 6.45) is 0.602. The first kappa shape index (κ1) is 13.6. The Kier molecular flexibility index (Phi) is 3.83. The zero-order valence-corrected chi connectivity index (χ0v) is 12.0. The average molecular weight is 299 g/mol. The fourth-order valence-corrected chi connectivity index (χ4v) is 2.79. The molecule has 0 aliphatic rings. The Morgan fingerprint density at radius 3 is 2.76 bits per heavy atom. The number of nitrogens with zero attached hydrogens (tertiary/aromatic N) is 1. The van der Waals surface area contributed by atoms with Crippen molar-refractivity contribution in [2.45, 2.75) is 6.42 Å². The first-order valence-corrected chi connectivity index (χ1v) is 7.39. The maximum Gasteiger partial charge on any atom is 0.355 e. The lowest BCUT2D eigenvalue weighted by molar-refractivity contribution is 0.0691. The van der Waals surface area contributed by atoms with Gasteiger partial charge in [0.25, 0.3) is 0 Å². The highest BCUT2D eigenvalue weighted by molar-refractivity contribution is 7.09. The molecular formula is C16H13NO3S. The number of carboxylic acids is 1. The molecular weight excluding hydrogens is 286 g/mol. The van der Waals surface area contributed by atoms with Crippen LogP contribution >= 0.6 is 11.3 Å². The molecule has 106 valence electrons. The summed E-state index contributed by atoms with van der Waals surface area (Å²) in [5, 5.41) is 13.4. The summed E-state index contributed by atoms with van der Waals surface area (Å²) in [5.74, 6) is -0.184. The molecule has 0 spiro atoms. The number of thiazole rings is 1. The number of benzene rings is 2. The van der Waals surface area contributed by atoms with Gasteiger partial charge < -0.3 is 9.84 Å². The van der Waals surface area contributed by atoms with Gasteiger partial charge in [-0.2, -0.15) is 0 Å². The smallest absolute Gasteiger partial charge is 0.355 e. The lowest BCUT2D eigenvalue weighted by Crippen LogP contribution is -2.02. The molecule has 0 amide bonds. The van der Waals surface area contributed by atoms with E-state index in [-0.39, 0.29) is 5.69 Å². The van der Waals surface area contributed by atoms with Crippen molar-refractivity contribution in [2.75, 3.05) is 6.61 Å². The predicted octanol–water partition coefficient (Wildman–Crippen LogP) is 3.62. The van der Waals surface area contributed by atoms with Crippen LogP contribution < -0.4 is 4.74 Å². The highest BCUT2D eigenvalue weighted by Gasteiger charge is 2.08. The van der Waals surface area contributed by atoms with Crippen LogP contribution in [0.25, 0.3) is 10.8 Å². The van der Waals surface area contributed by atoms with Gasteiger partial charge in [-0.3, -0.25) is 0 Å². The topological polar surface area (TPSA) is 59.4 Å². The molecule has 3 aromatic rings. The molecule has 0 atom stereocenters. The fourth-order valence-electron chi connectivity index (χ4n) is 2.04. The second-order valence-corrected chi connectivity index (χ2v) is 5.48. The van der Waals surface area contributed by atoms with Gasteiger partial charge in [-0.25, -0.2) is 9.78 Å². The highest BCUT2D eigenvalue weighted by Crippen LogP contribution is 2.21. The van der Waals surface area contributed by atoms with Gasteiger partial charge in [0.05, 0.1) is 11.6 Å². The molecule has 21 heavy (non-hydrogen) atoms. The molecule has 0 bridgehead atoms. The van der Waals surface area contributed by atoms with Gasteiger partial charge in [0.15, 0.2) is 5.69 Å². The van der Waals surface area contributed by atoms with Crippen LogP contribution in [0.2, 0.25) is 0 Å². The number of rotatable bonds is 5. The Morgan fingerprint density at radius 1 is 1.19 bits per heavy atom. The number of aromatic carboxylic acids is 1. The molecule has 0 saturated carbocycles. The van der Waals surface area contributed by atoms with Crippen molar-refractivity contribution in [1.29, 1.82) is 0 Å². The molecule has 4 nitrogen and oxygen atoms in total. The number of aromatic nitrogens is 1. The second kappa shape index (κ2) is 5.93. The van der Waals surface area contributed by atoms with E-state index in [4.69, 9.17) is 9.84 Å². The summed E-state index contributed by atoms with van der Waals surface area (Å²) in [6.45, 7) is 0.477. The van der Waals surface area contributed by atoms with E-state index in [0.717, 1.165) is 16.1 Å². The van der Waals surface area contributed by atoms with Crippen LogP contribution in [0.3, 0.4) is 0 Å². The highest BCUT2D eigenvalue weighted by atomic mass is 32.1. The number of fused-ring (bicyclic) bond motifs is 1. The third kappa shape index (κ3) is 3.20. The number of hydrogen-bond donors (Lipinski definition) is 1. The maximum absolute atomic E-state index is 10.7. The molecule has 1 heterocycles. The van der Waals surface area contributed by atoms with E-state index >= 15 is 0 Å². The van der Waals surface area contributed by atoms with E-state index in [1.807, 2.05) is 36.4 Å². The summed E-state index contributed by atoms with van der Waals surface area (Å²) < 4.78 is 5.71. The van der Waals surface area contributed by atoms with Gasteiger partial charge in [-0.15, -0.1) is 11.3 Å². The van der Waals surface area contributed by atoms with E-state index in [1.165, 1.54) is 16.7 Å². The third-order valence-electron chi connectivity index (χ3n) is 3.08. The van der Waals surface area contributed by atoms with E-state index in [0.29, 0.717) is 13.0 Å². The SMILES string of the molecule is O=C(O)c1csc(CCOc2ccc3ccccc3c2)n1. The first-order valence-electron chi connectivity index (χ1n) is 6.52. The van der Waals surface area contributed by atoms with E-state index in [9.17, 15) is 4.79 Å². The van der Waals surface area contributed by atoms with Crippen LogP contribution in [0.5, 0.6) is 5.75 Å². The second-order valence-electron chi connectivity index (χ2n) is 4.54. The maximum atomic E-state index is 10.7. The lowest BCUT2D eigenvalue weighted by atomic mass is 10.1. The molecule has 0 aliphatic heterocycles. The predicted molar refractivity (Wildman–Crippen MR) is 82.2 cm³/mol. The number of carboxylic acid groups (broad SMARTS) is 1. The van der Waals surface area contributed by atoms with Crippen LogP contribution in [-0.2, 0) is 6.42 Å². The van der Waals surface area contributed by atoms with Crippen molar-refractivity contribution in [3.05, 3.63) is 58.5 Å². The Labute approximate surface area is 125 Å². The molecule has 0 radical (unpaired) electrons. The van der Waals surface area contributed by atoms with Crippen molar-refractivity contribution in [1.82, 2.24) is 4.98 Å². The van der Waals surface area contributed by atoms with Crippen molar-refractivity contribution < 1.29 is 14.6 Å². The minimum atomic E-state index is -0.993. The molecule has 5 heteroatoms. The van der Waals surface area contributed by atoms with Crippen molar-refractivity contribution in [3.8, 4) is 5.75 Å². The number of hydrogen-bond acceptors (Lipinski definition) is 4.